The second-order valence-corrected chi connectivity index (χ2v) is 6.87. The molecule has 26 heavy (non-hydrogen) atoms. The highest BCUT2D eigenvalue weighted by Crippen LogP contribution is 2.18. The average molecular weight is 360 g/mol. The van der Waals surface area contributed by atoms with Crippen LogP contribution in [0, 0.1) is 11.3 Å². The van der Waals surface area contributed by atoms with E-state index in [4.69, 9.17) is 5.26 Å². The first-order valence-electron chi connectivity index (χ1n) is 8.33. The molecule has 0 amide bonds. The SMILES string of the molecule is N#Cc1ccc(Cn2cncc2Cc2ccc(C3=CS[NH2+]N3)cc2)cc1. The molecule has 2 aromatic carbocycles. The molecule has 0 unspecified atom stereocenters. The van der Waals surface area contributed by atoms with Gasteiger partial charge in [0.25, 0.3) is 0 Å². The number of imidazole rings is 1. The molecule has 1 aromatic heterocycles. The molecule has 1 aliphatic heterocycles. The van der Waals surface area contributed by atoms with Crippen LogP contribution in [-0.4, -0.2) is 9.55 Å². The van der Waals surface area contributed by atoms with Crippen molar-refractivity contribution in [2.24, 2.45) is 0 Å². The van der Waals surface area contributed by atoms with E-state index in [1.54, 1.807) is 11.9 Å². The van der Waals surface area contributed by atoms with E-state index in [1.165, 1.54) is 16.8 Å². The minimum absolute atomic E-state index is 0.683. The largest absolute Gasteiger partial charge is 0.330 e. The van der Waals surface area contributed by atoms with E-state index in [2.05, 4.69) is 50.7 Å². The number of aromatic nitrogens is 2. The minimum atomic E-state index is 0.683. The fraction of sp³-hybridized carbons (Fsp3) is 0.100. The number of hydrogen-bond acceptors (Lipinski definition) is 4. The van der Waals surface area contributed by atoms with E-state index in [1.807, 2.05) is 41.6 Å². The molecular formula is C20H18N5S+. The van der Waals surface area contributed by atoms with Crippen LogP contribution in [0.4, 0.5) is 0 Å². The second kappa shape index (κ2) is 7.48. The summed E-state index contributed by atoms with van der Waals surface area (Å²) in [6.07, 6.45) is 4.62. The molecule has 3 aromatic rings. The fourth-order valence-corrected chi connectivity index (χ4v) is 3.52. The molecule has 0 fully saturated rings. The summed E-state index contributed by atoms with van der Waals surface area (Å²) in [5, 5.41) is 11.0. The van der Waals surface area contributed by atoms with Gasteiger partial charge in [-0.05, 0) is 23.3 Å². The van der Waals surface area contributed by atoms with Gasteiger partial charge in [0, 0.05) is 30.4 Å². The van der Waals surface area contributed by atoms with Gasteiger partial charge in [0.15, 0.2) is 0 Å². The third kappa shape index (κ3) is 3.64. The molecule has 0 saturated heterocycles. The summed E-state index contributed by atoms with van der Waals surface area (Å²) in [6.45, 7) is 0.753. The quantitative estimate of drug-likeness (QED) is 0.542. The Kier molecular flexibility index (Phi) is 4.73. The van der Waals surface area contributed by atoms with Crippen molar-refractivity contribution < 1.29 is 4.83 Å². The Labute approximate surface area is 156 Å². The van der Waals surface area contributed by atoms with Crippen LogP contribution in [0.1, 0.15) is 27.9 Å². The van der Waals surface area contributed by atoms with Crippen molar-refractivity contribution in [2.45, 2.75) is 13.0 Å². The smallest absolute Gasteiger partial charge is 0.130 e. The Morgan fingerprint density at radius 2 is 1.85 bits per heavy atom. The van der Waals surface area contributed by atoms with Gasteiger partial charge in [0.05, 0.1) is 23.4 Å². The third-order valence-corrected chi connectivity index (χ3v) is 4.98. The Hall–Kier alpha value is -3.01. The number of hydrogen-bond donors (Lipinski definition) is 2. The highest BCUT2D eigenvalue weighted by molar-refractivity contribution is 7.96. The summed E-state index contributed by atoms with van der Waals surface area (Å²) in [6, 6.07) is 18.5. The van der Waals surface area contributed by atoms with Gasteiger partial charge < -0.3 is 4.57 Å². The predicted molar refractivity (Wildman–Crippen MR) is 102 cm³/mol. The van der Waals surface area contributed by atoms with Crippen LogP contribution in [0.2, 0.25) is 0 Å². The Morgan fingerprint density at radius 1 is 1.08 bits per heavy atom. The molecular weight excluding hydrogens is 342 g/mol. The van der Waals surface area contributed by atoms with Crippen LogP contribution in [0.3, 0.4) is 0 Å². The van der Waals surface area contributed by atoms with E-state index in [9.17, 15) is 0 Å². The van der Waals surface area contributed by atoms with Gasteiger partial charge in [0.1, 0.15) is 17.6 Å². The highest BCUT2D eigenvalue weighted by atomic mass is 32.2. The molecule has 4 rings (SSSR count). The first kappa shape index (κ1) is 16.5. The van der Waals surface area contributed by atoms with Crippen LogP contribution in [0.15, 0.2) is 66.5 Å². The maximum atomic E-state index is 8.91. The maximum absolute atomic E-state index is 8.91. The lowest BCUT2D eigenvalue weighted by molar-refractivity contribution is -0.527. The molecule has 3 N–H and O–H groups in total. The number of rotatable bonds is 5. The van der Waals surface area contributed by atoms with Crippen molar-refractivity contribution in [3.05, 3.63) is 94.4 Å². The molecule has 5 nitrogen and oxygen atoms in total. The monoisotopic (exact) mass is 360 g/mol. The van der Waals surface area contributed by atoms with Gasteiger partial charge in [0.2, 0.25) is 0 Å². The summed E-state index contributed by atoms with van der Waals surface area (Å²) in [5.74, 6) is 0. The molecule has 0 radical (unpaired) electrons. The van der Waals surface area contributed by atoms with Crippen molar-refractivity contribution in [1.82, 2.24) is 15.0 Å². The lowest BCUT2D eigenvalue weighted by Crippen LogP contribution is -2.82. The minimum Gasteiger partial charge on any atom is -0.330 e. The first-order chi connectivity index (χ1) is 12.8. The lowest BCUT2D eigenvalue weighted by Gasteiger charge is -2.09. The molecule has 0 atom stereocenters. The molecule has 128 valence electrons. The zero-order chi connectivity index (χ0) is 17.8. The van der Waals surface area contributed by atoms with Crippen LogP contribution >= 0.6 is 11.9 Å². The van der Waals surface area contributed by atoms with Crippen molar-refractivity contribution in [3.63, 3.8) is 0 Å². The molecule has 0 spiro atoms. The molecule has 6 heteroatoms. The van der Waals surface area contributed by atoms with Crippen molar-refractivity contribution in [3.8, 4) is 6.07 Å². The lowest BCUT2D eigenvalue weighted by atomic mass is 10.1. The highest BCUT2D eigenvalue weighted by Gasteiger charge is 2.10. The summed E-state index contributed by atoms with van der Waals surface area (Å²) < 4.78 is 2.15. The number of quaternary nitrogens is 1. The standard InChI is InChI=1S/C20H17N5S/c21-10-16-1-3-17(4-2-16)12-25-14-22-11-19(25)9-15-5-7-18(8-6-15)20-13-26-24-23-20/h1-8,11,13-14,23-24H,9,12H2/p+1. The van der Waals surface area contributed by atoms with Crippen molar-refractivity contribution >= 4 is 17.6 Å². The number of benzene rings is 2. The van der Waals surface area contributed by atoms with E-state index in [0.29, 0.717) is 5.56 Å². The van der Waals surface area contributed by atoms with Crippen LogP contribution in [0.25, 0.3) is 5.70 Å². The number of nitrogens with one attached hydrogen (secondary N) is 1. The van der Waals surface area contributed by atoms with Gasteiger partial charge >= 0.3 is 0 Å². The topological polar surface area (TPSA) is 70.2 Å². The molecule has 0 aliphatic carbocycles. The summed E-state index contributed by atoms with van der Waals surface area (Å²) >= 11 is 1.66. The van der Waals surface area contributed by atoms with E-state index >= 15 is 0 Å². The first-order valence-corrected chi connectivity index (χ1v) is 9.27. The third-order valence-electron chi connectivity index (χ3n) is 4.35. The van der Waals surface area contributed by atoms with Crippen LogP contribution in [-0.2, 0) is 13.0 Å². The number of nitrogens with zero attached hydrogens (tertiary/aromatic N) is 3. The second-order valence-electron chi connectivity index (χ2n) is 6.13. The predicted octanol–water partition coefficient (Wildman–Crippen LogP) is 2.42. The Bertz CT molecular complexity index is 965. The van der Waals surface area contributed by atoms with Crippen molar-refractivity contribution in [2.75, 3.05) is 0 Å². The Balaban J connectivity index is 1.47. The number of nitrogens with two attached hydrogens (primary N) is 1. The van der Waals surface area contributed by atoms with Gasteiger partial charge in [-0.25, -0.2) is 10.4 Å². The summed E-state index contributed by atoms with van der Waals surface area (Å²) in [7, 11) is 0. The molecule has 2 heterocycles. The maximum Gasteiger partial charge on any atom is 0.130 e. The van der Waals surface area contributed by atoms with E-state index < -0.39 is 0 Å². The summed E-state index contributed by atoms with van der Waals surface area (Å²) in [4.78, 5) is 6.29. The molecule has 1 aliphatic rings. The zero-order valence-electron chi connectivity index (χ0n) is 14.1. The van der Waals surface area contributed by atoms with Gasteiger partial charge in [-0.1, -0.05) is 36.4 Å². The van der Waals surface area contributed by atoms with Crippen LogP contribution in [0.5, 0.6) is 0 Å². The van der Waals surface area contributed by atoms with Crippen molar-refractivity contribution in [1.29, 1.82) is 5.26 Å². The normalized spacial score (nSPS) is 13.1. The zero-order valence-corrected chi connectivity index (χ0v) is 14.9. The Morgan fingerprint density at radius 3 is 2.54 bits per heavy atom. The summed E-state index contributed by atoms with van der Waals surface area (Å²) in [5.41, 5.74) is 9.86. The van der Waals surface area contributed by atoms with Gasteiger partial charge in [-0.15, -0.1) is 0 Å². The average Bonchev–Trinajstić information content (AvgIpc) is 3.36. The van der Waals surface area contributed by atoms with Gasteiger partial charge in [-0.2, -0.15) is 10.1 Å². The van der Waals surface area contributed by atoms with E-state index in [-0.39, 0.29) is 0 Å². The number of nitriles is 1. The van der Waals surface area contributed by atoms with Gasteiger partial charge in [-0.3, -0.25) is 0 Å². The molecule has 0 bridgehead atoms. The van der Waals surface area contributed by atoms with E-state index in [0.717, 1.165) is 24.2 Å². The van der Waals surface area contributed by atoms with Crippen LogP contribution < -0.4 is 10.3 Å². The fourth-order valence-electron chi connectivity index (χ4n) is 2.92. The molecule has 0 saturated carbocycles.